The molecule has 3 aromatic carbocycles. The maximum Gasteiger partial charge on any atom is 0.134 e. The van der Waals surface area contributed by atoms with Crippen LogP contribution in [0.2, 0.25) is 0 Å². The minimum atomic E-state index is 0.866. The summed E-state index contributed by atoms with van der Waals surface area (Å²) in [6, 6.07) is 27.5. The molecule has 2 heterocycles. The molecule has 1 aliphatic heterocycles. The Bertz CT molecular complexity index is 1180. The third kappa shape index (κ3) is 5.29. The highest BCUT2D eigenvalue weighted by Gasteiger charge is 2.17. The number of methoxy groups -OCH3 is 1. The van der Waals surface area contributed by atoms with Gasteiger partial charge < -0.3 is 14.1 Å². The Morgan fingerprint density at radius 3 is 2.48 bits per heavy atom. The van der Waals surface area contributed by atoms with E-state index in [2.05, 4.69) is 70.5 Å². The molecule has 1 aromatic heterocycles. The van der Waals surface area contributed by atoms with Crippen LogP contribution in [0.4, 0.5) is 0 Å². The van der Waals surface area contributed by atoms with Crippen LogP contribution in [0, 0.1) is 0 Å². The predicted molar refractivity (Wildman–Crippen MR) is 135 cm³/mol. The lowest BCUT2D eigenvalue weighted by molar-refractivity contribution is 0.240. The molecule has 0 amide bonds. The van der Waals surface area contributed by atoms with E-state index in [1.807, 2.05) is 18.2 Å². The van der Waals surface area contributed by atoms with Crippen LogP contribution in [0.15, 0.2) is 83.3 Å². The van der Waals surface area contributed by atoms with Gasteiger partial charge in [-0.25, -0.2) is 0 Å². The van der Waals surface area contributed by atoms with E-state index in [0.29, 0.717) is 0 Å². The summed E-state index contributed by atoms with van der Waals surface area (Å²) in [5, 5.41) is 1.15. The Hall–Kier alpha value is -3.08. The van der Waals surface area contributed by atoms with Gasteiger partial charge in [0, 0.05) is 30.6 Å². The summed E-state index contributed by atoms with van der Waals surface area (Å²) in [5.74, 6) is 1.93. The molecule has 0 spiro atoms. The lowest BCUT2D eigenvalue weighted by Crippen LogP contribution is -2.31. The molecule has 4 aromatic rings. The van der Waals surface area contributed by atoms with Crippen LogP contribution >= 0.6 is 0 Å². The molecule has 0 aliphatic carbocycles. The fourth-order valence-electron chi connectivity index (χ4n) is 4.79. The molecule has 1 aliphatic rings. The van der Waals surface area contributed by atoms with Crippen LogP contribution in [-0.2, 0) is 13.0 Å². The minimum absolute atomic E-state index is 0.866. The average molecular weight is 441 g/mol. The highest BCUT2D eigenvalue weighted by Crippen LogP contribution is 2.32. The van der Waals surface area contributed by atoms with Crippen LogP contribution < -0.4 is 4.74 Å². The molecule has 0 unspecified atom stereocenters. The van der Waals surface area contributed by atoms with Gasteiger partial charge in [-0.1, -0.05) is 54.6 Å². The first-order valence-electron chi connectivity index (χ1n) is 11.9. The van der Waals surface area contributed by atoms with Gasteiger partial charge in [-0.15, -0.1) is 0 Å². The van der Waals surface area contributed by atoms with Crippen molar-refractivity contribution in [3.8, 4) is 16.9 Å². The number of hydrogen-bond acceptors (Lipinski definition) is 4. The third-order valence-electron chi connectivity index (χ3n) is 6.61. The number of fused-ring (bicyclic) bond motifs is 1. The second kappa shape index (κ2) is 10.2. The van der Waals surface area contributed by atoms with Gasteiger partial charge in [-0.2, -0.15) is 0 Å². The molecule has 5 rings (SSSR count). The molecule has 0 bridgehead atoms. The van der Waals surface area contributed by atoms with Gasteiger partial charge in [0.25, 0.3) is 0 Å². The Balaban J connectivity index is 1.22. The van der Waals surface area contributed by atoms with Gasteiger partial charge in [-0.3, -0.25) is 4.90 Å². The second-order valence-corrected chi connectivity index (χ2v) is 8.87. The quantitative estimate of drug-likeness (QED) is 0.360. The maximum absolute atomic E-state index is 6.20. The average Bonchev–Trinajstić information content (AvgIpc) is 3.13. The summed E-state index contributed by atoms with van der Waals surface area (Å²) in [5.41, 5.74) is 4.63. The van der Waals surface area contributed by atoms with Crippen molar-refractivity contribution in [3.05, 3.63) is 90.2 Å². The Kier molecular flexibility index (Phi) is 6.75. The van der Waals surface area contributed by atoms with E-state index in [4.69, 9.17) is 9.15 Å². The SMILES string of the molecule is COc1ccccc1-c1ccc2oc(CN3CCCN(CCc4ccccc4)CC3)cc2c1. The topological polar surface area (TPSA) is 28.9 Å². The molecule has 1 fully saturated rings. The van der Waals surface area contributed by atoms with Crippen molar-refractivity contribution in [2.24, 2.45) is 0 Å². The summed E-state index contributed by atoms with van der Waals surface area (Å²) in [6.45, 7) is 6.49. The predicted octanol–water partition coefficient (Wildman–Crippen LogP) is 5.86. The minimum Gasteiger partial charge on any atom is -0.496 e. The first-order valence-corrected chi connectivity index (χ1v) is 11.9. The second-order valence-electron chi connectivity index (χ2n) is 8.87. The summed E-state index contributed by atoms with van der Waals surface area (Å²) < 4.78 is 11.8. The lowest BCUT2D eigenvalue weighted by Gasteiger charge is -2.21. The van der Waals surface area contributed by atoms with Gasteiger partial charge in [0.2, 0.25) is 0 Å². The molecule has 0 radical (unpaired) electrons. The van der Waals surface area contributed by atoms with Crippen LogP contribution in [0.3, 0.4) is 0 Å². The van der Waals surface area contributed by atoms with Crippen LogP contribution in [0.25, 0.3) is 22.1 Å². The highest BCUT2D eigenvalue weighted by atomic mass is 16.5. The van der Waals surface area contributed by atoms with E-state index in [9.17, 15) is 0 Å². The van der Waals surface area contributed by atoms with E-state index in [0.717, 1.165) is 72.8 Å². The van der Waals surface area contributed by atoms with Gasteiger partial charge >= 0.3 is 0 Å². The van der Waals surface area contributed by atoms with Crippen molar-refractivity contribution < 1.29 is 9.15 Å². The molecule has 4 heteroatoms. The van der Waals surface area contributed by atoms with Crippen molar-refractivity contribution in [1.29, 1.82) is 0 Å². The van der Waals surface area contributed by atoms with Crippen molar-refractivity contribution in [2.75, 3.05) is 39.8 Å². The zero-order valence-electron chi connectivity index (χ0n) is 19.4. The number of rotatable bonds is 7. The number of para-hydroxylation sites is 1. The largest absolute Gasteiger partial charge is 0.496 e. The van der Waals surface area contributed by atoms with Crippen LogP contribution in [0.5, 0.6) is 5.75 Å². The molecule has 0 atom stereocenters. The van der Waals surface area contributed by atoms with E-state index in [-0.39, 0.29) is 0 Å². The number of nitrogens with zero attached hydrogens (tertiary/aromatic N) is 2. The highest BCUT2D eigenvalue weighted by molar-refractivity contribution is 5.85. The van der Waals surface area contributed by atoms with Gasteiger partial charge in [0.05, 0.1) is 13.7 Å². The van der Waals surface area contributed by atoms with E-state index in [1.54, 1.807) is 7.11 Å². The summed E-state index contributed by atoms with van der Waals surface area (Å²) in [4.78, 5) is 5.13. The smallest absolute Gasteiger partial charge is 0.134 e. The Morgan fingerprint density at radius 2 is 1.61 bits per heavy atom. The van der Waals surface area contributed by atoms with Crippen molar-refractivity contribution in [3.63, 3.8) is 0 Å². The van der Waals surface area contributed by atoms with Gasteiger partial charge in [0.15, 0.2) is 0 Å². The molecule has 4 nitrogen and oxygen atoms in total. The number of ether oxygens (including phenoxy) is 1. The molecule has 0 saturated carbocycles. The standard InChI is InChI=1S/C29H32N2O2/c1-32-29-11-6-5-10-27(29)24-12-13-28-25(20-24)21-26(33-28)22-31-16-7-15-30(18-19-31)17-14-23-8-3-2-4-9-23/h2-6,8-13,20-21H,7,14-19,22H2,1H3. The number of furan rings is 1. The van der Waals surface area contributed by atoms with Crippen molar-refractivity contribution in [2.45, 2.75) is 19.4 Å². The van der Waals surface area contributed by atoms with Crippen LogP contribution in [-0.4, -0.2) is 49.6 Å². The first-order chi connectivity index (χ1) is 16.3. The fraction of sp³-hybridized carbons (Fsp3) is 0.310. The normalized spacial score (nSPS) is 15.5. The Morgan fingerprint density at radius 1 is 0.818 bits per heavy atom. The summed E-state index contributed by atoms with van der Waals surface area (Å²) >= 11 is 0. The van der Waals surface area contributed by atoms with Gasteiger partial charge in [0.1, 0.15) is 17.1 Å². The fourth-order valence-corrected chi connectivity index (χ4v) is 4.79. The van der Waals surface area contributed by atoms with Crippen LogP contribution in [0.1, 0.15) is 17.7 Å². The molecule has 33 heavy (non-hydrogen) atoms. The molecule has 1 saturated heterocycles. The third-order valence-corrected chi connectivity index (χ3v) is 6.61. The van der Waals surface area contributed by atoms with Crippen molar-refractivity contribution in [1.82, 2.24) is 9.80 Å². The van der Waals surface area contributed by atoms with E-state index in [1.165, 1.54) is 18.5 Å². The summed E-state index contributed by atoms with van der Waals surface area (Å²) in [6.07, 6.45) is 2.33. The van der Waals surface area contributed by atoms with E-state index >= 15 is 0 Å². The van der Waals surface area contributed by atoms with E-state index < -0.39 is 0 Å². The number of hydrogen-bond donors (Lipinski definition) is 0. The first kappa shape index (κ1) is 21.7. The van der Waals surface area contributed by atoms with Crippen molar-refractivity contribution >= 4 is 11.0 Å². The summed E-state index contributed by atoms with van der Waals surface area (Å²) in [7, 11) is 1.72. The molecular weight excluding hydrogens is 408 g/mol. The maximum atomic E-state index is 6.20. The zero-order valence-corrected chi connectivity index (χ0v) is 19.4. The van der Waals surface area contributed by atoms with Gasteiger partial charge in [-0.05, 0) is 61.3 Å². The molecule has 170 valence electrons. The zero-order chi connectivity index (χ0) is 22.5. The molecule has 0 N–H and O–H groups in total. The lowest BCUT2D eigenvalue weighted by atomic mass is 10.0. The Labute approximate surface area is 196 Å². The molecular formula is C29H32N2O2. The monoisotopic (exact) mass is 440 g/mol. The number of benzene rings is 3.